The molecule has 5 heteroatoms. The lowest BCUT2D eigenvalue weighted by Crippen LogP contribution is -2.61. The molecule has 2 aliphatic heterocycles. The molecule has 7 aromatic carbocycles. The molecule has 0 bridgehead atoms. The topological polar surface area (TPSA) is 15.7 Å². The van der Waals surface area contributed by atoms with E-state index in [4.69, 9.17) is 4.74 Å². The summed E-state index contributed by atoms with van der Waals surface area (Å²) in [5.74, 6) is 0.874. The summed E-state index contributed by atoms with van der Waals surface area (Å²) in [5, 5.41) is 1.37. The zero-order valence-electron chi connectivity index (χ0n) is 49.7. The smallest absolute Gasteiger partial charge is 0.264 e. The zero-order chi connectivity index (χ0) is 55.0. The summed E-state index contributed by atoms with van der Waals surface area (Å²) < 4.78 is 8.98. The van der Waals surface area contributed by atoms with Crippen LogP contribution in [0.25, 0.3) is 32.3 Å². The number of hydrogen-bond donors (Lipinski definition) is 0. The molecular weight excluding hydrogens is 964 g/mol. The molecule has 13 rings (SSSR count). The van der Waals surface area contributed by atoms with Gasteiger partial charge in [0.1, 0.15) is 5.75 Å². The molecule has 3 heterocycles. The van der Waals surface area contributed by atoms with Crippen molar-refractivity contribution in [3.05, 3.63) is 166 Å². The van der Waals surface area contributed by atoms with Crippen LogP contribution in [0, 0.1) is 0 Å². The van der Waals surface area contributed by atoms with E-state index < -0.39 is 0 Å². The van der Waals surface area contributed by atoms with Gasteiger partial charge in [0.05, 0.1) is 12.8 Å². The number of methoxy groups -OCH3 is 1. The fourth-order valence-corrected chi connectivity index (χ4v) is 16.3. The van der Waals surface area contributed by atoms with E-state index in [1.165, 1.54) is 129 Å². The fourth-order valence-electron chi connectivity index (χ4n) is 15.0. The second-order valence-electron chi connectivity index (χ2n) is 29.3. The lowest BCUT2D eigenvalue weighted by Gasteiger charge is -2.47. The molecule has 0 radical (unpaired) electrons. The first-order chi connectivity index (χ1) is 36.7. The summed E-state index contributed by atoms with van der Waals surface area (Å²) >= 11 is 2.06. The molecule has 1 aromatic heterocycles. The van der Waals surface area contributed by atoms with E-state index in [-0.39, 0.29) is 44.6 Å². The van der Waals surface area contributed by atoms with E-state index in [1.54, 1.807) is 7.11 Å². The van der Waals surface area contributed by atoms with Crippen molar-refractivity contribution in [3.8, 4) is 28.0 Å². The highest BCUT2D eigenvalue weighted by Gasteiger charge is 2.49. The molecule has 0 saturated carbocycles. The van der Waals surface area contributed by atoms with Gasteiger partial charge in [0.25, 0.3) is 6.71 Å². The molecule has 0 unspecified atom stereocenters. The molecule has 0 amide bonds. The van der Waals surface area contributed by atoms with Crippen LogP contribution >= 0.6 is 11.3 Å². The van der Waals surface area contributed by atoms with Gasteiger partial charge in [-0.1, -0.05) is 171 Å². The van der Waals surface area contributed by atoms with Gasteiger partial charge in [-0.15, -0.1) is 11.3 Å². The van der Waals surface area contributed by atoms with E-state index in [1.807, 2.05) is 0 Å². The van der Waals surface area contributed by atoms with Gasteiger partial charge in [-0.3, -0.25) is 0 Å². The van der Waals surface area contributed by atoms with Crippen LogP contribution in [0.1, 0.15) is 181 Å². The molecule has 0 fully saturated rings. The first kappa shape index (κ1) is 51.4. The molecule has 0 saturated heterocycles. The Morgan fingerprint density at radius 2 is 0.949 bits per heavy atom. The van der Waals surface area contributed by atoms with Crippen molar-refractivity contribution in [1.82, 2.24) is 0 Å². The first-order valence-electron chi connectivity index (χ1n) is 29.3. The van der Waals surface area contributed by atoms with E-state index in [9.17, 15) is 0 Å². The van der Waals surface area contributed by atoms with Crippen LogP contribution in [0.2, 0.25) is 0 Å². The van der Waals surface area contributed by atoms with E-state index >= 15 is 0 Å². The molecule has 398 valence electrons. The summed E-state index contributed by atoms with van der Waals surface area (Å²) in [6.45, 7) is 36.8. The Hall–Kier alpha value is -6.04. The average Bonchev–Trinajstić information content (AvgIpc) is 3.07. The van der Waals surface area contributed by atoms with Crippen molar-refractivity contribution in [2.45, 2.75) is 180 Å². The maximum atomic E-state index is 6.15. The van der Waals surface area contributed by atoms with Crippen LogP contribution in [0.3, 0.4) is 0 Å². The van der Waals surface area contributed by atoms with E-state index in [2.05, 4.69) is 252 Å². The van der Waals surface area contributed by atoms with Crippen LogP contribution in [0.4, 0.5) is 34.1 Å². The third-order valence-corrected chi connectivity index (χ3v) is 21.5. The van der Waals surface area contributed by atoms with Gasteiger partial charge in [-0.05, 0) is 204 Å². The molecule has 3 aliphatic carbocycles. The number of benzene rings is 7. The summed E-state index contributed by atoms with van der Waals surface area (Å²) in [7, 11) is 1.80. The van der Waals surface area contributed by atoms with Gasteiger partial charge in [-0.2, -0.15) is 0 Å². The third-order valence-electron chi connectivity index (χ3n) is 20.3. The Balaban J connectivity index is 1.20. The summed E-state index contributed by atoms with van der Waals surface area (Å²) in [5.41, 5.74) is 25.7. The number of anilines is 6. The molecule has 78 heavy (non-hydrogen) atoms. The predicted molar refractivity (Wildman–Crippen MR) is 338 cm³/mol. The first-order valence-corrected chi connectivity index (χ1v) is 30.1. The van der Waals surface area contributed by atoms with E-state index in [0.717, 1.165) is 36.1 Å². The van der Waals surface area contributed by atoms with Gasteiger partial charge >= 0.3 is 0 Å². The van der Waals surface area contributed by atoms with E-state index in [0.29, 0.717) is 0 Å². The highest BCUT2D eigenvalue weighted by atomic mass is 32.1. The van der Waals surface area contributed by atoms with Crippen molar-refractivity contribution >= 4 is 78.0 Å². The third kappa shape index (κ3) is 7.69. The number of ether oxygens (including phenoxy) is 1. The second kappa shape index (κ2) is 17.0. The number of hydrogen-bond acceptors (Lipinski definition) is 4. The Kier molecular flexibility index (Phi) is 11.2. The number of nitrogens with zero attached hydrogens (tertiary/aromatic N) is 2. The number of para-hydroxylation sites is 1. The van der Waals surface area contributed by atoms with Crippen LogP contribution in [0.15, 0.2) is 127 Å². The minimum absolute atomic E-state index is 0.00514. The Labute approximate surface area is 471 Å². The van der Waals surface area contributed by atoms with Crippen molar-refractivity contribution in [2.24, 2.45) is 0 Å². The van der Waals surface area contributed by atoms with Crippen molar-refractivity contribution in [2.75, 3.05) is 16.9 Å². The predicted octanol–water partition coefficient (Wildman–Crippen LogP) is 18.7. The molecule has 0 N–H and O–H groups in total. The lowest BCUT2D eigenvalue weighted by molar-refractivity contribution is 0.332. The monoisotopic (exact) mass is 1040 g/mol. The van der Waals surface area contributed by atoms with Crippen molar-refractivity contribution < 1.29 is 4.74 Å². The number of rotatable bonds is 5. The Morgan fingerprint density at radius 1 is 0.462 bits per heavy atom. The van der Waals surface area contributed by atoms with Crippen LogP contribution in [-0.4, -0.2) is 13.8 Å². The van der Waals surface area contributed by atoms with Gasteiger partial charge < -0.3 is 14.5 Å². The van der Waals surface area contributed by atoms with Crippen LogP contribution in [0.5, 0.6) is 5.75 Å². The van der Waals surface area contributed by atoms with Crippen molar-refractivity contribution in [1.29, 1.82) is 0 Å². The highest BCUT2D eigenvalue weighted by molar-refractivity contribution is 7.33. The fraction of sp³-hybridized carbons (Fsp3) is 0.397. The summed E-state index contributed by atoms with van der Waals surface area (Å²) in [6.07, 6.45) is 7.01. The normalized spacial score (nSPS) is 19.5. The number of thiophene rings is 1. The van der Waals surface area contributed by atoms with Gasteiger partial charge in [0.2, 0.25) is 0 Å². The maximum Gasteiger partial charge on any atom is 0.264 e. The highest BCUT2D eigenvalue weighted by Crippen LogP contribution is 2.56. The molecule has 0 spiro atoms. The van der Waals surface area contributed by atoms with Gasteiger partial charge in [-0.25, -0.2) is 0 Å². The minimum Gasteiger partial charge on any atom is -0.496 e. The SMILES string of the molecule is COc1ccccc1-c1ccccc1-c1cc2c3c(c1)N(c1ccc(C(C)(C)C)cc1)c1c(sc4cc5c(cc14)C(C)(C)CCC5(C)C)B3c1cc3c(cc1N2c1ccc2c(c1)C(C)(C)CCC2(C)C)C(C)(C)CCC3(C)C. The Morgan fingerprint density at radius 3 is 1.54 bits per heavy atom. The standard InChI is InChI=1S/C73H81BN2OS/c1-67(2,3)45-25-27-46(28-26-45)76-61-38-44(48-21-17-18-22-49(48)50-23-19-20-24-62(50)77-16)37-60-64(61)74(66-65(76)51-40-54-57(43-63(51)78-66)73(14,15)36-33-70(54,8)9)58-41-55-56(72(12,13)35-34-71(55,10)11)42-59(58)75(60)47-29-30-52-53(39-47)69(6,7)32-31-68(52,4)5/h17-30,37-43H,31-36H2,1-16H3. The average molecular weight is 1050 g/mol. The van der Waals surface area contributed by atoms with Crippen LogP contribution < -0.4 is 30.2 Å². The molecule has 5 aliphatic rings. The quantitative estimate of drug-likeness (QED) is 0.160. The molecule has 8 aromatic rings. The van der Waals surface area contributed by atoms with Gasteiger partial charge in [0.15, 0.2) is 0 Å². The summed E-state index contributed by atoms with van der Waals surface area (Å²) in [6, 6.07) is 50.7. The van der Waals surface area contributed by atoms with Crippen molar-refractivity contribution in [3.63, 3.8) is 0 Å². The maximum absolute atomic E-state index is 6.15. The minimum atomic E-state index is -0.00514. The molecule has 3 nitrogen and oxygen atoms in total. The second-order valence-corrected chi connectivity index (χ2v) is 30.4. The molecular formula is C73H81BN2OS. The van der Waals surface area contributed by atoms with Crippen LogP contribution in [-0.2, 0) is 37.9 Å². The molecule has 0 atom stereocenters. The largest absolute Gasteiger partial charge is 0.496 e. The summed E-state index contributed by atoms with van der Waals surface area (Å²) in [4.78, 5) is 5.45. The lowest BCUT2D eigenvalue weighted by atomic mass is 9.35. The van der Waals surface area contributed by atoms with Gasteiger partial charge in [0, 0.05) is 48.9 Å². The Bertz CT molecular complexity index is 3800. The zero-order valence-corrected chi connectivity index (χ0v) is 50.5. The number of fused-ring (bicyclic) bond motifs is 9.